The molecule has 2 atom stereocenters. The molecular formula is C17H20F3N7O. The number of amides is 1. The largest absolute Gasteiger partial charge is 0.416 e. The molecule has 0 aliphatic heterocycles. The first-order valence-corrected chi connectivity index (χ1v) is 8.75. The quantitative estimate of drug-likeness (QED) is 0.611. The van der Waals surface area contributed by atoms with Crippen molar-refractivity contribution in [2.24, 2.45) is 11.5 Å². The van der Waals surface area contributed by atoms with Crippen molar-refractivity contribution in [1.29, 1.82) is 0 Å². The van der Waals surface area contributed by atoms with Crippen molar-refractivity contribution in [3.8, 4) is 0 Å². The Hall–Kier alpha value is -2.95. The molecule has 0 unspecified atom stereocenters. The maximum atomic E-state index is 12.9. The number of benzene rings is 1. The molecule has 1 heterocycles. The Morgan fingerprint density at radius 3 is 2.61 bits per heavy atom. The molecule has 11 heteroatoms. The van der Waals surface area contributed by atoms with Crippen LogP contribution in [0.25, 0.3) is 0 Å². The van der Waals surface area contributed by atoms with Gasteiger partial charge in [0.25, 0.3) is 5.91 Å². The maximum Gasteiger partial charge on any atom is 0.416 e. The molecule has 1 fully saturated rings. The minimum absolute atomic E-state index is 0.0589. The van der Waals surface area contributed by atoms with Crippen molar-refractivity contribution in [3.63, 3.8) is 0 Å². The van der Waals surface area contributed by atoms with Crippen molar-refractivity contribution >= 4 is 23.4 Å². The number of hydrogen-bond acceptors (Lipinski definition) is 7. The second kappa shape index (κ2) is 7.97. The van der Waals surface area contributed by atoms with Gasteiger partial charge in [0.05, 0.1) is 5.56 Å². The predicted molar refractivity (Wildman–Crippen MR) is 96.9 cm³/mol. The van der Waals surface area contributed by atoms with Gasteiger partial charge >= 0.3 is 6.18 Å². The number of nitrogens with two attached hydrogens (primary N) is 2. The maximum absolute atomic E-state index is 12.9. The van der Waals surface area contributed by atoms with Gasteiger partial charge < -0.3 is 22.1 Å². The number of carbonyl (C=O) groups is 1. The van der Waals surface area contributed by atoms with Crippen LogP contribution in [0.5, 0.6) is 0 Å². The van der Waals surface area contributed by atoms with E-state index in [1.54, 1.807) is 0 Å². The van der Waals surface area contributed by atoms with Crippen LogP contribution in [0.3, 0.4) is 0 Å². The highest BCUT2D eigenvalue weighted by atomic mass is 19.4. The summed E-state index contributed by atoms with van der Waals surface area (Å²) in [6, 6.07) is 4.35. The van der Waals surface area contributed by atoms with E-state index in [-0.39, 0.29) is 35.2 Å². The van der Waals surface area contributed by atoms with Gasteiger partial charge in [-0.25, -0.2) is 0 Å². The summed E-state index contributed by atoms with van der Waals surface area (Å²) in [5.74, 6) is -0.883. The number of rotatable bonds is 5. The lowest BCUT2D eigenvalue weighted by atomic mass is 9.91. The van der Waals surface area contributed by atoms with Crippen molar-refractivity contribution in [3.05, 3.63) is 35.5 Å². The summed E-state index contributed by atoms with van der Waals surface area (Å²) >= 11 is 0. The van der Waals surface area contributed by atoms with Gasteiger partial charge in [-0.15, -0.1) is 10.2 Å². The van der Waals surface area contributed by atoms with E-state index >= 15 is 0 Å². The fraction of sp³-hybridized carbons (Fsp3) is 0.412. The van der Waals surface area contributed by atoms with Crippen LogP contribution in [0.2, 0.25) is 0 Å². The normalized spacial score (nSPS) is 19.9. The van der Waals surface area contributed by atoms with Crippen molar-refractivity contribution in [1.82, 2.24) is 15.2 Å². The average Bonchev–Trinajstić information content (AvgIpc) is 2.63. The first-order chi connectivity index (χ1) is 13.2. The third kappa shape index (κ3) is 4.66. The van der Waals surface area contributed by atoms with E-state index in [0.717, 1.165) is 37.8 Å². The first kappa shape index (κ1) is 19.8. The number of primary amides is 1. The second-order valence-corrected chi connectivity index (χ2v) is 6.60. The van der Waals surface area contributed by atoms with Gasteiger partial charge in [0.1, 0.15) is 0 Å². The van der Waals surface area contributed by atoms with Crippen LogP contribution < -0.4 is 22.1 Å². The van der Waals surface area contributed by atoms with Gasteiger partial charge in [0, 0.05) is 17.8 Å². The number of carbonyl (C=O) groups excluding carboxylic acids is 1. The van der Waals surface area contributed by atoms with Crippen LogP contribution in [0.1, 0.15) is 41.7 Å². The van der Waals surface area contributed by atoms with Gasteiger partial charge in [0.15, 0.2) is 11.5 Å². The summed E-state index contributed by atoms with van der Waals surface area (Å²) in [7, 11) is 0. The molecule has 3 rings (SSSR count). The highest BCUT2D eigenvalue weighted by Crippen LogP contribution is 2.31. The van der Waals surface area contributed by atoms with E-state index in [2.05, 4.69) is 25.8 Å². The summed E-state index contributed by atoms with van der Waals surface area (Å²) in [6.45, 7) is 0. The molecule has 1 aromatic heterocycles. The summed E-state index contributed by atoms with van der Waals surface area (Å²) in [5.41, 5.74) is 10.3. The molecule has 1 aromatic carbocycles. The first-order valence-electron chi connectivity index (χ1n) is 8.75. The van der Waals surface area contributed by atoms with Crippen LogP contribution in [-0.4, -0.2) is 33.2 Å². The van der Waals surface area contributed by atoms with E-state index in [4.69, 9.17) is 11.5 Å². The lowest BCUT2D eigenvalue weighted by molar-refractivity contribution is -0.137. The van der Waals surface area contributed by atoms with Gasteiger partial charge in [-0.05, 0) is 31.0 Å². The van der Waals surface area contributed by atoms with E-state index in [1.807, 2.05) is 0 Å². The fourth-order valence-electron chi connectivity index (χ4n) is 3.05. The van der Waals surface area contributed by atoms with E-state index in [1.165, 1.54) is 12.1 Å². The Morgan fingerprint density at radius 2 is 1.93 bits per heavy atom. The number of hydrogen-bond donors (Lipinski definition) is 4. The summed E-state index contributed by atoms with van der Waals surface area (Å²) in [4.78, 5) is 15.8. The zero-order chi connectivity index (χ0) is 20.3. The molecule has 1 amide bonds. The van der Waals surface area contributed by atoms with Gasteiger partial charge in [-0.2, -0.15) is 18.2 Å². The molecule has 28 heavy (non-hydrogen) atoms. The SMILES string of the molecule is NC(=O)c1nnc(N[C@@H]2CCCC[C@@H]2N)nc1Nc1cccc(C(F)(F)F)c1. The van der Waals surface area contributed by atoms with Crippen LogP contribution in [0.4, 0.5) is 30.6 Å². The molecule has 1 aliphatic carbocycles. The van der Waals surface area contributed by atoms with Crippen LogP contribution in [0.15, 0.2) is 24.3 Å². The monoisotopic (exact) mass is 395 g/mol. The highest BCUT2D eigenvalue weighted by molar-refractivity contribution is 5.96. The Morgan fingerprint density at radius 1 is 1.18 bits per heavy atom. The zero-order valence-electron chi connectivity index (χ0n) is 14.8. The molecular weight excluding hydrogens is 375 g/mol. The minimum atomic E-state index is -4.50. The molecule has 0 saturated heterocycles. The Bertz CT molecular complexity index is 859. The summed E-state index contributed by atoms with van der Waals surface area (Å²) in [5, 5.41) is 13.3. The van der Waals surface area contributed by atoms with Crippen molar-refractivity contribution in [2.45, 2.75) is 43.9 Å². The topological polar surface area (TPSA) is 132 Å². The molecule has 1 saturated carbocycles. The lowest BCUT2D eigenvalue weighted by Gasteiger charge is -2.29. The molecule has 0 bridgehead atoms. The van der Waals surface area contributed by atoms with Gasteiger partial charge in [0.2, 0.25) is 5.95 Å². The number of anilines is 3. The Balaban J connectivity index is 1.87. The van der Waals surface area contributed by atoms with Crippen LogP contribution in [-0.2, 0) is 6.18 Å². The van der Waals surface area contributed by atoms with E-state index in [9.17, 15) is 18.0 Å². The molecule has 0 spiro atoms. The van der Waals surface area contributed by atoms with Gasteiger partial charge in [-0.1, -0.05) is 18.9 Å². The Kier molecular flexibility index (Phi) is 5.63. The third-order valence-electron chi connectivity index (χ3n) is 4.51. The number of nitrogens with one attached hydrogen (secondary N) is 2. The number of alkyl halides is 3. The summed E-state index contributed by atoms with van der Waals surface area (Å²) in [6.07, 6.45) is -0.759. The van der Waals surface area contributed by atoms with Crippen LogP contribution >= 0.6 is 0 Å². The minimum Gasteiger partial charge on any atom is -0.364 e. The fourth-order valence-corrected chi connectivity index (χ4v) is 3.05. The lowest BCUT2D eigenvalue weighted by Crippen LogP contribution is -2.43. The molecule has 1 aliphatic rings. The predicted octanol–water partition coefficient (Wildman–Crippen LogP) is 2.41. The van der Waals surface area contributed by atoms with Gasteiger partial charge in [-0.3, -0.25) is 4.79 Å². The number of aromatic nitrogens is 3. The zero-order valence-corrected chi connectivity index (χ0v) is 14.8. The molecule has 8 nitrogen and oxygen atoms in total. The smallest absolute Gasteiger partial charge is 0.364 e. The number of halogens is 3. The summed E-state index contributed by atoms with van der Waals surface area (Å²) < 4.78 is 38.7. The molecule has 6 N–H and O–H groups in total. The van der Waals surface area contributed by atoms with E-state index < -0.39 is 17.6 Å². The van der Waals surface area contributed by atoms with E-state index in [0.29, 0.717) is 0 Å². The standard InChI is InChI=1S/C17H20F3N7O/c18-17(19,20)9-4-3-5-10(8-9)23-15-13(14(22)28)26-27-16(25-15)24-12-7-2-1-6-11(12)21/h3-5,8,11-12H,1-2,6-7,21H2,(H2,22,28)(H2,23,24,25,27)/t11-,12+/m0/s1. The second-order valence-electron chi connectivity index (χ2n) is 6.60. The molecule has 0 radical (unpaired) electrons. The average molecular weight is 395 g/mol. The molecule has 150 valence electrons. The van der Waals surface area contributed by atoms with Crippen molar-refractivity contribution < 1.29 is 18.0 Å². The Labute approximate surface area is 158 Å². The third-order valence-corrected chi connectivity index (χ3v) is 4.51. The molecule has 2 aromatic rings. The highest BCUT2D eigenvalue weighted by Gasteiger charge is 2.30. The van der Waals surface area contributed by atoms with Crippen molar-refractivity contribution in [2.75, 3.05) is 10.6 Å². The number of nitrogens with zero attached hydrogens (tertiary/aromatic N) is 3. The van der Waals surface area contributed by atoms with Crippen LogP contribution in [0, 0.1) is 0 Å².